The van der Waals surface area contributed by atoms with Crippen molar-refractivity contribution in [1.82, 2.24) is 5.32 Å². The first kappa shape index (κ1) is 21.0. The molecule has 0 saturated carbocycles. The maximum atomic E-state index is 13.8. The van der Waals surface area contributed by atoms with Crippen LogP contribution in [0.2, 0.25) is 0 Å². The molecule has 0 aliphatic rings. The smallest absolute Gasteiger partial charge is 0.258 e. The van der Waals surface area contributed by atoms with Gasteiger partial charge in [-0.2, -0.15) is 0 Å². The predicted molar refractivity (Wildman–Crippen MR) is 114 cm³/mol. The number of anilines is 1. The van der Waals surface area contributed by atoms with Crippen LogP contribution in [0, 0.1) is 12.7 Å². The number of phenols is 1. The Bertz CT molecular complexity index is 1050. The van der Waals surface area contributed by atoms with Crippen molar-refractivity contribution in [2.24, 2.45) is 0 Å². The van der Waals surface area contributed by atoms with Gasteiger partial charge in [0, 0.05) is 17.8 Å². The van der Waals surface area contributed by atoms with Crippen LogP contribution in [0.4, 0.5) is 10.1 Å². The number of amides is 2. The van der Waals surface area contributed by atoms with E-state index >= 15 is 0 Å². The van der Waals surface area contributed by atoms with Crippen LogP contribution >= 0.6 is 0 Å². The zero-order valence-corrected chi connectivity index (χ0v) is 16.6. The molecule has 3 aromatic rings. The van der Waals surface area contributed by atoms with Gasteiger partial charge < -0.3 is 15.7 Å². The Balaban J connectivity index is 1.58. The molecule has 0 saturated heterocycles. The predicted octanol–water partition coefficient (Wildman–Crippen LogP) is 4.45. The lowest BCUT2D eigenvalue weighted by Gasteiger charge is -2.11. The average Bonchev–Trinajstić information content (AvgIpc) is 2.74. The summed E-state index contributed by atoms with van der Waals surface area (Å²) in [4.78, 5) is 24.8. The van der Waals surface area contributed by atoms with E-state index in [1.807, 2.05) is 12.1 Å². The third kappa shape index (κ3) is 5.44. The van der Waals surface area contributed by atoms with E-state index in [2.05, 4.69) is 10.6 Å². The van der Waals surface area contributed by atoms with Crippen molar-refractivity contribution in [2.45, 2.75) is 19.8 Å². The number of carbonyl (C=O) groups excluding carboxylic acids is 2. The average molecular weight is 406 g/mol. The molecule has 3 aromatic carbocycles. The van der Waals surface area contributed by atoms with Crippen LogP contribution in [0.15, 0.2) is 66.7 Å². The second-order valence-electron chi connectivity index (χ2n) is 6.99. The second-order valence-corrected chi connectivity index (χ2v) is 6.99. The molecule has 0 radical (unpaired) electrons. The van der Waals surface area contributed by atoms with Gasteiger partial charge in [-0.15, -0.1) is 0 Å². The van der Waals surface area contributed by atoms with Gasteiger partial charge >= 0.3 is 0 Å². The first-order chi connectivity index (χ1) is 14.4. The largest absolute Gasteiger partial charge is 0.508 e. The topological polar surface area (TPSA) is 78.4 Å². The Morgan fingerprint density at radius 1 is 0.967 bits per heavy atom. The standard InChI is InChI=1S/C24H23FN2O3/c1-16-8-11-18(15-22(16)27-24(30)20-6-2-3-7-21(20)25)23(29)26-14-4-5-17-9-12-19(28)13-10-17/h2-3,6-13,15,28H,4-5,14H2,1H3,(H,26,29)(H,27,30). The molecule has 0 spiro atoms. The summed E-state index contributed by atoms with van der Waals surface area (Å²) in [5.41, 5.74) is 2.66. The molecule has 0 aromatic heterocycles. The van der Waals surface area contributed by atoms with Gasteiger partial charge in [-0.25, -0.2) is 4.39 Å². The Kier molecular flexibility index (Phi) is 6.80. The summed E-state index contributed by atoms with van der Waals surface area (Å²) in [6.07, 6.45) is 1.53. The SMILES string of the molecule is Cc1ccc(C(=O)NCCCc2ccc(O)cc2)cc1NC(=O)c1ccccc1F. The minimum absolute atomic E-state index is 0.0546. The number of phenolic OH excluding ortho intramolecular Hbond substituents is 1. The van der Waals surface area contributed by atoms with E-state index in [-0.39, 0.29) is 17.2 Å². The highest BCUT2D eigenvalue weighted by atomic mass is 19.1. The van der Waals surface area contributed by atoms with Crippen LogP contribution in [-0.4, -0.2) is 23.5 Å². The van der Waals surface area contributed by atoms with Crippen molar-refractivity contribution < 1.29 is 19.1 Å². The van der Waals surface area contributed by atoms with Crippen LogP contribution in [-0.2, 0) is 6.42 Å². The maximum absolute atomic E-state index is 13.8. The van der Waals surface area contributed by atoms with E-state index in [9.17, 15) is 19.1 Å². The van der Waals surface area contributed by atoms with E-state index in [1.165, 1.54) is 18.2 Å². The summed E-state index contributed by atoms with van der Waals surface area (Å²) in [7, 11) is 0. The summed E-state index contributed by atoms with van der Waals surface area (Å²) in [5.74, 6) is -1.19. The molecule has 5 nitrogen and oxygen atoms in total. The fourth-order valence-electron chi connectivity index (χ4n) is 2.99. The molecule has 0 heterocycles. The third-order valence-corrected chi connectivity index (χ3v) is 4.73. The quantitative estimate of drug-likeness (QED) is 0.507. The lowest BCUT2D eigenvalue weighted by molar-refractivity contribution is 0.0951. The minimum Gasteiger partial charge on any atom is -0.508 e. The van der Waals surface area contributed by atoms with Crippen molar-refractivity contribution in [1.29, 1.82) is 0 Å². The molecule has 2 amide bonds. The monoisotopic (exact) mass is 406 g/mol. The summed E-state index contributed by atoms with van der Waals surface area (Å²) < 4.78 is 13.8. The molecule has 3 N–H and O–H groups in total. The van der Waals surface area contributed by atoms with E-state index in [1.54, 1.807) is 43.3 Å². The Morgan fingerprint density at radius 3 is 2.43 bits per heavy atom. The molecule has 0 unspecified atom stereocenters. The van der Waals surface area contributed by atoms with Crippen molar-refractivity contribution in [3.63, 3.8) is 0 Å². The van der Waals surface area contributed by atoms with Crippen LogP contribution in [0.25, 0.3) is 0 Å². The summed E-state index contributed by atoms with van der Waals surface area (Å²) in [5, 5.41) is 14.8. The van der Waals surface area contributed by atoms with Gasteiger partial charge in [0.05, 0.1) is 5.56 Å². The third-order valence-electron chi connectivity index (χ3n) is 4.73. The zero-order valence-electron chi connectivity index (χ0n) is 16.6. The van der Waals surface area contributed by atoms with E-state index in [4.69, 9.17) is 0 Å². The number of benzene rings is 3. The summed E-state index contributed by atoms with van der Waals surface area (Å²) in [6.45, 7) is 2.29. The molecule has 0 aliphatic heterocycles. The van der Waals surface area contributed by atoms with E-state index < -0.39 is 11.7 Å². The zero-order chi connectivity index (χ0) is 21.5. The molecular formula is C24H23FN2O3. The highest BCUT2D eigenvalue weighted by Gasteiger charge is 2.14. The molecule has 0 aliphatic carbocycles. The number of carbonyl (C=O) groups is 2. The fraction of sp³-hybridized carbons (Fsp3) is 0.167. The van der Waals surface area contributed by atoms with Gasteiger partial charge in [0.1, 0.15) is 11.6 Å². The van der Waals surface area contributed by atoms with Gasteiger partial charge in [0.2, 0.25) is 0 Å². The fourth-order valence-corrected chi connectivity index (χ4v) is 2.99. The molecular weight excluding hydrogens is 383 g/mol. The summed E-state index contributed by atoms with van der Waals surface area (Å²) >= 11 is 0. The highest BCUT2D eigenvalue weighted by molar-refractivity contribution is 6.05. The van der Waals surface area contributed by atoms with Gasteiger partial charge in [-0.1, -0.05) is 30.3 Å². The minimum atomic E-state index is -0.602. The van der Waals surface area contributed by atoms with Gasteiger partial charge in [-0.3, -0.25) is 9.59 Å². The van der Waals surface area contributed by atoms with Crippen LogP contribution in [0.5, 0.6) is 5.75 Å². The lowest BCUT2D eigenvalue weighted by Crippen LogP contribution is -2.25. The van der Waals surface area contributed by atoms with Crippen molar-refractivity contribution in [3.8, 4) is 5.75 Å². The van der Waals surface area contributed by atoms with Gasteiger partial charge in [0.25, 0.3) is 11.8 Å². The number of hydrogen-bond donors (Lipinski definition) is 3. The maximum Gasteiger partial charge on any atom is 0.258 e. The second kappa shape index (κ2) is 9.69. The number of rotatable bonds is 7. The van der Waals surface area contributed by atoms with Crippen molar-refractivity contribution in [2.75, 3.05) is 11.9 Å². The molecule has 154 valence electrons. The number of aryl methyl sites for hydroxylation is 2. The van der Waals surface area contributed by atoms with Crippen molar-refractivity contribution >= 4 is 17.5 Å². The molecule has 6 heteroatoms. The van der Waals surface area contributed by atoms with Crippen molar-refractivity contribution in [3.05, 3.63) is 94.8 Å². The van der Waals surface area contributed by atoms with E-state index in [0.717, 1.165) is 24.0 Å². The number of nitrogens with one attached hydrogen (secondary N) is 2. The molecule has 0 fully saturated rings. The first-order valence-electron chi connectivity index (χ1n) is 9.66. The molecule has 30 heavy (non-hydrogen) atoms. The molecule has 3 rings (SSSR count). The van der Waals surface area contributed by atoms with Crippen LogP contribution in [0.3, 0.4) is 0 Å². The Labute approximate surface area is 174 Å². The van der Waals surface area contributed by atoms with E-state index in [0.29, 0.717) is 17.8 Å². The highest BCUT2D eigenvalue weighted by Crippen LogP contribution is 2.19. The summed E-state index contributed by atoms with van der Waals surface area (Å²) in [6, 6.07) is 17.7. The van der Waals surface area contributed by atoms with Gasteiger partial charge in [0.15, 0.2) is 0 Å². The lowest BCUT2D eigenvalue weighted by atomic mass is 10.1. The molecule has 0 atom stereocenters. The number of hydrogen-bond acceptors (Lipinski definition) is 3. The first-order valence-corrected chi connectivity index (χ1v) is 9.66. The van der Waals surface area contributed by atoms with Gasteiger partial charge in [-0.05, 0) is 67.3 Å². The Morgan fingerprint density at radius 2 is 1.70 bits per heavy atom. The molecule has 0 bridgehead atoms. The number of halogens is 1. The normalized spacial score (nSPS) is 10.5. The van der Waals surface area contributed by atoms with Crippen LogP contribution < -0.4 is 10.6 Å². The van der Waals surface area contributed by atoms with Crippen LogP contribution in [0.1, 0.15) is 38.3 Å². The Hall–Kier alpha value is -3.67. The number of aromatic hydroxyl groups is 1.